The number of nitrogens with one attached hydrogen (secondary N) is 2. The normalized spacial score (nSPS) is 30.9. The molecule has 144 valence electrons. The van der Waals surface area contributed by atoms with Crippen LogP contribution >= 0.6 is 0 Å². The third kappa shape index (κ3) is 2.96. The number of piperidine rings is 3. The van der Waals surface area contributed by atoms with Crippen LogP contribution in [0.15, 0.2) is 12.5 Å². The zero-order valence-electron chi connectivity index (χ0n) is 15.8. The van der Waals surface area contributed by atoms with Gasteiger partial charge in [0.25, 0.3) is 0 Å². The summed E-state index contributed by atoms with van der Waals surface area (Å²) in [5.74, 6) is 2.26. The monoisotopic (exact) mass is 369 g/mol. The van der Waals surface area contributed by atoms with Crippen LogP contribution in [0, 0.1) is 11.8 Å². The van der Waals surface area contributed by atoms with Gasteiger partial charge >= 0.3 is 0 Å². The van der Waals surface area contributed by atoms with Crippen molar-refractivity contribution in [2.45, 2.75) is 44.7 Å². The summed E-state index contributed by atoms with van der Waals surface area (Å²) < 4.78 is 0. The van der Waals surface area contributed by atoms with Gasteiger partial charge in [-0.05, 0) is 37.6 Å². The fourth-order valence-electron chi connectivity index (χ4n) is 5.61. The molecule has 27 heavy (non-hydrogen) atoms. The van der Waals surface area contributed by atoms with Crippen LogP contribution in [0.25, 0.3) is 11.0 Å². The minimum Gasteiger partial charge on any atom is -0.355 e. The van der Waals surface area contributed by atoms with Crippen LogP contribution in [0.4, 0.5) is 5.82 Å². The quantitative estimate of drug-likeness (QED) is 0.844. The van der Waals surface area contributed by atoms with Crippen LogP contribution in [-0.4, -0.2) is 69.2 Å². The predicted octanol–water partition coefficient (Wildman–Crippen LogP) is 1.17. The molecule has 1 amide bonds. The molecular formula is C19H27N7O. The molecule has 0 spiro atoms. The fourth-order valence-corrected chi connectivity index (χ4v) is 5.61. The molecular weight excluding hydrogens is 342 g/mol. The van der Waals surface area contributed by atoms with Gasteiger partial charge in [0, 0.05) is 38.6 Å². The van der Waals surface area contributed by atoms with Gasteiger partial charge < -0.3 is 10.2 Å². The van der Waals surface area contributed by atoms with Gasteiger partial charge in [-0.2, -0.15) is 5.10 Å². The number of anilines is 1. The maximum atomic E-state index is 11.6. The second kappa shape index (κ2) is 6.74. The van der Waals surface area contributed by atoms with Crippen molar-refractivity contribution in [1.29, 1.82) is 0 Å². The first kappa shape index (κ1) is 16.9. The number of H-pyrrole nitrogens is 1. The van der Waals surface area contributed by atoms with Crippen molar-refractivity contribution in [3.8, 4) is 0 Å². The zero-order valence-corrected chi connectivity index (χ0v) is 15.8. The summed E-state index contributed by atoms with van der Waals surface area (Å²) in [6.45, 7) is 5.55. The average Bonchev–Trinajstić information content (AvgIpc) is 3.16. The number of hydrogen-bond acceptors (Lipinski definition) is 6. The van der Waals surface area contributed by atoms with Crippen LogP contribution < -0.4 is 10.2 Å². The van der Waals surface area contributed by atoms with E-state index in [1.54, 1.807) is 13.3 Å². The molecule has 4 atom stereocenters. The number of aromatic amines is 1. The minimum absolute atomic E-state index is 0.0641. The fraction of sp³-hybridized carbons (Fsp3) is 0.684. The zero-order chi connectivity index (χ0) is 18.4. The Morgan fingerprint density at radius 1 is 1.30 bits per heavy atom. The Balaban J connectivity index is 1.45. The van der Waals surface area contributed by atoms with Crippen LogP contribution in [0.2, 0.25) is 0 Å². The van der Waals surface area contributed by atoms with Crippen molar-refractivity contribution in [3.63, 3.8) is 0 Å². The number of aromatic nitrogens is 4. The van der Waals surface area contributed by atoms with Gasteiger partial charge in [0.05, 0.1) is 11.6 Å². The molecule has 3 aliphatic rings. The van der Waals surface area contributed by atoms with Crippen molar-refractivity contribution >= 4 is 22.8 Å². The average molecular weight is 369 g/mol. The van der Waals surface area contributed by atoms with Crippen molar-refractivity contribution in [2.24, 2.45) is 11.8 Å². The van der Waals surface area contributed by atoms with E-state index >= 15 is 0 Å². The Morgan fingerprint density at radius 2 is 2.19 bits per heavy atom. The summed E-state index contributed by atoms with van der Waals surface area (Å²) in [6.07, 6.45) is 8.57. The predicted molar refractivity (Wildman–Crippen MR) is 102 cm³/mol. The highest BCUT2D eigenvalue weighted by atomic mass is 16.1. The lowest BCUT2D eigenvalue weighted by atomic mass is 9.72. The third-order valence-corrected chi connectivity index (χ3v) is 6.71. The smallest absolute Gasteiger partial charge is 0.216 e. The molecule has 0 unspecified atom stereocenters. The summed E-state index contributed by atoms with van der Waals surface area (Å²) >= 11 is 0. The molecule has 8 heteroatoms. The highest BCUT2D eigenvalue weighted by Gasteiger charge is 2.47. The van der Waals surface area contributed by atoms with Crippen molar-refractivity contribution in [1.82, 2.24) is 30.4 Å². The lowest BCUT2D eigenvalue weighted by Gasteiger charge is -2.57. The number of rotatable bonds is 3. The lowest BCUT2D eigenvalue weighted by molar-refractivity contribution is -0.119. The van der Waals surface area contributed by atoms with Crippen LogP contribution in [0.5, 0.6) is 0 Å². The number of nitrogens with zero attached hydrogens (tertiary/aromatic N) is 5. The number of hydrogen-bond donors (Lipinski definition) is 2. The van der Waals surface area contributed by atoms with Crippen molar-refractivity contribution < 1.29 is 4.79 Å². The Labute approximate surface area is 158 Å². The second-order valence-electron chi connectivity index (χ2n) is 8.30. The summed E-state index contributed by atoms with van der Waals surface area (Å²) in [4.78, 5) is 25.6. The molecule has 8 nitrogen and oxygen atoms in total. The van der Waals surface area contributed by atoms with E-state index in [-0.39, 0.29) is 5.91 Å². The highest BCUT2D eigenvalue weighted by molar-refractivity contribution is 5.86. The molecule has 2 N–H and O–H groups in total. The molecule has 3 aliphatic heterocycles. The molecule has 0 aliphatic carbocycles. The molecule has 5 heterocycles. The summed E-state index contributed by atoms with van der Waals surface area (Å²) in [7, 11) is 0. The molecule has 2 bridgehead atoms. The maximum absolute atomic E-state index is 11.6. The van der Waals surface area contributed by atoms with Gasteiger partial charge in [-0.1, -0.05) is 6.42 Å². The van der Waals surface area contributed by atoms with Gasteiger partial charge in [-0.15, -0.1) is 0 Å². The first-order chi connectivity index (χ1) is 13.2. The number of fused-ring (bicyclic) bond motifs is 5. The van der Waals surface area contributed by atoms with Gasteiger partial charge in [0.1, 0.15) is 12.1 Å². The van der Waals surface area contributed by atoms with E-state index in [4.69, 9.17) is 0 Å². The lowest BCUT2D eigenvalue weighted by Crippen LogP contribution is -2.65. The van der Waals surface area contributed by atoms with E-state index in [0.29, 0.717) is 23.9 Å². The second-order valence-corrected chi connectivity index (χ2v) is 8.30. The van der Waals surface area contributed by atoms with E-state index in [0.717, 1.165) is 36.5 Å². The SMILES string of the molecule is CC(=O)NC[C@H]1[C@H]2C[C@H](CN(c3ncnc4[nH]ncc34)C2)[C@@H]2CCCCN21. The van der Waals surface area contributed by atoms with Gasteiger partial charge in [0.15, 0.2) is 5.65 Å². The molecule has 3 fully saturated rings. The van der Waals surface area contributed by atoms with E-state index in [2.05, 4.69) is 35.3 Å². The number of amides is 1. The molecule has 3 saturated heterocycles. The topological polar surface area (TPSA) is 90.0 Å². The Bertz CT molecular complexity index is 836. The summed E-state index contributed by atoms with van der Waals surface area (Å²) in [5.41, 5.74) is 0.796. The Kier molecular flexibility index (Phi) is 4.22. The summed E-state index contributed by atoms with van der Waals surface area (Å²) in [5, 5.41) is 11.2. The van der Waals surface area contributed by atoms with E-state index in [1.807, 2.05) is 6.20 Å². The maximum Gasteiger partial charge on any atom is 0.216 e. The first-order valence-electron chi connectivity index (χ1n) is 10.1. The molecule has 5 rings (SSSR count). The molecule has 2 aromatic heterocycles. The Hall–Kier alpha value is -2.22. The van der Waals surface area contributed by atoms with Gasteiger partial charge in [-0.3, -0.25) is 14.8 Å². The van der Waals surface area contributed by atoms with E-state index < -0.39 is 0 Å². The van der Waals surface area contributed by atoms with Crippen molar-refractivity contribution in [3.05, 3.63) is 12.5 Å². The largest absolute Gasteiger partial charge is 0.355 e. The first-order valence-corrected chi connectivity index (χ1v) is 10.1. The van der Waals surface area contributed by atoms with Gasteiger partial charge in [0.2, 0.25) is 5.91 Å². The highest BCUT2D eigenvalue weighted by Crippen LogP contribution is 2.42. The summed E-state index contributed by atoms with van der Waals surface area (Å²) in [6, 6.07) is 1.04. The molecule has 0 radical (unpaired) electrons. The molecule has 0 saturated carbocycles. The molecule has 0 aromatic carbocycles. The minimum atomic E-state index is 0.0641. The van der Waals surface area contributed by atoms with Crippen LogP contribution in [0.1, 0.15) is 32.6 Å². The van der Waals surface area contributed by atoms with E-state index in [9.17, 15) is 4.79 Å². The number of carbonyl (C=O) groups excluding carboxylic acids is 1. The molecule has 2 aromatic rings. The van der Waals surface area contributed by atoms with Crippen LogP contribution in [0.3, 0.4) is 0 Å². The van der Waals surface area contributed by atoms with Gasteiger partial charge in [-0.25, -0.2) is 9.97 Å². The van der Waals surface area contributed by atoms with Crippen LogP contribution in [-0.2, 0) is 4.79 Å². The third-order valence-electron chi connectivity index (χ3n) is 6.71. The standard InChI is InChI=1S/C19H27N7O/c1-12(27)20-8-17-14-6-13(16-4-2-3-5-26(16)17)9-25(10-14)19-15-7-23-24-18(15)21-11-22-19/h7,11,13-14,16-17H,2-6,8-10H2,1H3,(H,20,27)(H,21,22,23,24)/t13-,14+,16+,17+/m1/s1. The van der Waals surface area contributed by atoms with E-state index in [1.165, 1.54) is 32.2 Å². The van der Waals surface area contributed by atoms with Crippen molar-refractivity contribution in [2.75, 3.05) is 31.1 Å². The number of carbonyl (C=O) groups is 1. The Morgan fingerprint density at radius 3 is 3.07 bits per heavy atom.